The third-order valence-corrected chi connectivity index (χ3v) is 1.90. The van der Waals surface area contributed by atoms with Crippen molar-refractivity contribution in [2.45, 2.75) is 0 Å². The van der Waals surface area contributed by atoms with Gasteiger partial charge in [0.1, 0.15) is 0 Å². The standard InChI is InChI=1S/C13H10O5/c14-13(17-15-11-7-3-1-4-8-11)18-16-12-9-5-2-6-10-12/h1-10H. The van der Waals surface area contributed by atoms with Gasteiger partial charge in [-0.1, -0.05) is 36.4 Å². The number of carbonyl (C=O) groups is 1. The Labute approximate surface area is 103 Å². The summed E-state index contributed by atoms with van der Waals surface area (Å²) in [5.74, 6) is 0.767. The van der Waals surface area contributed by atoms with Gasteiger partial charge in [-0.2, -0.15) is 4.79 Å². The highest BCUT2D eigenvalue weighted by molar-refractivity contribution is 5.58. The predicted molar refractivity (Wildman–Crippen MR) is 61.7 cm³/mol. The Morgan fingerprint density at radius 2 is 1.06 bits per heavy atom. The monoisotopic (exact) mass is 246 g/mol. The Bertz CT molecular complexity index is 438. The first kappa shape index (κ1) is 11.8. The predicted octanol–water partition coefficient (Wildman–Crippen LogP) is 3.13. The van der Waals surface area contributed by atoms with Crippen LogP contribution in [0.2, 0.25) is 0 Å². The Morgan fingerprint density at radius 1 is 0.667 bits per heavy atom. The van der Waals surface area contributed by atoms with Gasteiger partial charge in [-0.15, -0.1) is 0 Å². The summed E-state index contributed by atoms with van der Waals surface area (Å²) in [5, 5.41) is 0. The van der Waals surface area contributed by atoms with Crippen molar-refractivity contribution >= 4 is 6.16 Å². The van der Waals surface area contributed by atoms with Gasteiger partial charge in [-0.05, 0) is 24.3 Å². The van der Waals surface area contributed by atoms with Gasteiger partial charge >= 0.3 is 6.16 Å². The van der Waals surface area contributed by atoms with Crippen molar-refractivity contribution in [3.8, 4) is 11.5 Å². The first-order valence-electron chi connectivity index (χ1n) is 5.18. The summed E-state index contributed by atoms with van der Waals surface area (Å²) in [6, 6.07) is 17.1. The fraction of sp³-hybridized carbons (Fsp3) is 0. The average molecular weight is 246 g/mol. The first-order valence-corrected chi connectivity index (χ1v) is 5.18. The van der Waals surface area contributed by atoms with Gasteiger partial charge in [0.15, 0.2) is 11.5 Å². The maximum Gasteiger partial charge on any atom is 0.591 e. The molecule has 0 spiro atoms. The molecule has 5 nitrogen and oxygen atoms in total. The van der Waals surface area contributed by atoms with Crippen molar-refractivity contribution in [3.63, 3.8) is 0 Å². The van der Waals surface area contributed by atoms with E-state index in [-0.39, 0.29) is 0 Å². The molecule has 0 unspecified atom stereocenters. The second-order valence-electron chi connectivity index (χ2n) is 3.21. The van der Waals surface area contributed by atoms with E-state index in [1.165, 1.54) is 0 Å². The zero-order chi connectivity index (χ0) is 12.6. The molecule has 0 aliphatic heterocycles. The number of hydrogen-bond donors (Lipinski definition) is 0. The molecule has 5 heteroatoms. The molecule has 2 aromatic carbocycles. The molecule has 2 rings (SSSR count). The second kappa shape index (κ2) is 6.15. The van der Waals surface area contributed by atoms with Crippen molar-refractivity contribution in [1.29, 1.82) is 0 Å². The van der Waals surface area contributed by atoms with Gasteiger partial charge in [-0.25, -0.2) is 9.78 Å². The quantitative estimate of drug-likeness (QED) is 0.612. The third-order valence-electron chi connectivity index (χ3n) is 1.90. The van der Waals surface area contributed by atoms with Crippen LogP contribution in [0.5, 0.6) is 11.5 Å². The van der Waals surface area contributed by atoms with Crippen LogP contribution in [0.25, 0.3) is 0 Å². The van der Waals surface area contributed by atoms with Crippen LogP contribution in [0.3, 0.4) is 0 Å². The lowest BCUT2D eigenvalue weighted by atomic mass is 10.3. The van der Waals surface area contributed by atoms with Crippen molar-refractivity contribution in [3.05, 3.63) is 60.7 Å². The van der Waals surface area contributed by atoms with Crippen molar-refractivity contribution < 1.29 is 24.3 Å². The summed E-state index contributed by atoms with van der Waals surface area (Å²) in [5.41, 5.74) is 0. The molecule has 2 aromatic rings. The van der Waals surface area contributed by atoms with Crippen molar-refractivity contribution in [2.75, 3.05) is 0 Å². The summed E-state index contributed by atoms with van der Waals surface area (Å²) in [7, 11) is 0. The lowest BCUT2D eigenvalue weighted by Gasteiger charge is -2.04. The number of hydrogen-bond acceptors (Lipinski definition) is 5. The van der Waals surface area contributed by atoms with Crippen LogP contribution >= 0.6 is 0 Å². The SMILES string of the molecule is O=C(OOc1ccccc1)OOc1ccccc1. The molecule has 0 aromatic heterocycles. The number of benzene rings is 2. The molecule has 0 bridgehead atoms. The normalized spacial score (nSPS) is 9.33. The Morgan fingerprint density at radius 3 is 1.44 bits per heavy atom. The maximum absolute atomic E-state index is 11.1. The molecule has 0 amide bonds. The highest BCUT2D eigenvalue weighted by Crippen LogP contribution is 2.11. The molecular weight excluding hydrogens is 236 g/mol. The van der Waals surface area contributed by atoms with Crippen LogP contribution in [0, 0.1) is 0 Å². The molecule has 0 saturated heterocycles. The van der Waals surface area contributed by atoms with E-state index >= 15 is 0 Å². The van der Waals surface area contributed by atoms with Crippen LogP contribution in [0.15, 0.2) is 60.7 Å². The second-order valence-corrected chi connectivity index (χ2v) is 3.21. The van der Waals surface area contributed by atoms with Crippen LogP contribution in [0.4, 0.5) is 4.79 Å². The lowest BCUT2D eigenvalue weighted by Crippen LogP contribution is -2.12. The molecule has 0 radical (unpaired) electrons. The van der Waals surface area contributed by atoms with E-state index < -0.39 is 6.16 Å². The van der Waals surface area contributed by atoms with Crippen LogP contribution in [-0.2, 0) is 9.78 Å². The van der Waals surface area contributed by atoms with Gasteiger partial charge in [0.25, 0.3) is 0 Å². The molecule has 0 atom stereocenters. The minimum absolute atomic E-state index is 0.383. The topological polar surface area (TPSA) is 54.0 Å². The van der Waals surface area contributed by atoms with Gasteiger partial charge in [0.2, 0.25) is 0 Å². The van der Waals surface area contributed by atoms with E-state index in [1.807, 2.05) is 12.1 Å². The highest BCUT2D eigenvalue weighted by Gasteiger charge is 2.08. The molecule has 92 valence electrons. The Kier molecular flexibility index (Phi) is 4.02. The average Bonchev–Trinajstić information content (AvgIpc) is 2.45. The van der Waals surface area contributed by atoms with E-state index in [2.05, 4.69) is 9.78 Å². The van der Waals surface area contributed by atoms with E-state index in [1.54, 1.807) is 48.5 Å². The van der Waals surface area contributed by atoms with Gasteiger partial charge < -0.3 is 0 Å². The van der Waals surface area contributed by atoms with E-state index in [4.69, 9.17) is 9.78 Å². The van der Waals surface area contributed by atoms with Gasteiger partial charge in [-0.3, -0.25) is 9.78 Å². The van der Waals surface area contributed by atoms with Gasteiger partial charge in [0, 0.05) is 0 Å². The van der Waals surface area contributed by atoms with Crippen LogP contribution in [-0.4, -0.2) is 6.16 Å². The Balaban J connectivity index is 1.73. The number of carbonyl (C=O) groups excluding carboxylic acids is 1. The van der Waals surface area contributed by atoms with Crippen molar-refractivity contribution in [2.24, 2.45) is 0 Å². The minimum atomic E-state index is -1.09. The summed E-state index contributed by atoms with van der Waals surface area (Å²) in [6.07, 6.45) is -1.09. The van der Waals surface area contributed by atoms with Crippen LogP contribution in [0.1, 0.15) is 0 Å². The summed E-state index contributed by atoms with van der Waals surface area (Å²) in [6.45, 7) is 0. The molecule has 0 N–H and O–H groups in total. The molecule has 0 fully saturated rings. The van der Waals surface area contributed by atoms with E-state index in [0.29, 0.717) is 11.5 Å². The molecule has 0 heterocycles. The molecule has 0 saturated carbocycles. The molecular formula is C13H10O5. The molecule has 0 aliphatic rings. The third kappa shape index (κ3) is 3.71. The zero-order valence-electron chi connectivity index (χ0n) is 9.31. The fourth-order valence-corrected chi connectivity index (χ4v) is 1.13. The maximum atomic E-state index is 11.1. The summed E-state index contributed by atoms with van der Waals surface area (Å²) < 4.78 is 0. The smallest absolute Gasteiger partial charge is 0.284 e. The largest absolute Gasteiger partial charge is 0.591 e. The lowest BCUT2D eigenvalue weighted by molar-refractivity contribution is -0.236. The minimum Gasteiger partial charge on any atom is -0.284 e. The first-order chi connectivity index (χ1) is 8.84. The zero-order valence-corrected chi connectivity index (χ0v) is 9.31. The number of rotatable bonds is 4. The van der Waals surface area contributed by atoms with Gasteiger partial charge in [0.05, 0.1) is 0 Å². The summed E-state index contributed by atoms with van der Waals surface area (Å²) >= 11 is 0. The Hall–Kier alpha value is -2.69. The van der Waals surface area contributed by atoms with Crippen molar-refractivity contribution in [1.82, 2.24) is 0 Å². The molecule has 0 aliphatic carbocycles. The molecule has 18 heavy (non-hydrogen) atoms. The number of para-hydroxylation sites is 2. The van der Waals surface area contributed by atoms with E-state index in [9.17, 15) is 4.79 Å². The summed E-state index contributed by atoms with van der Waals surface area (Å²) in [4.78, 5) is 29.2. The fourth-order valence-electron chi connectivity index (χ4n) is 1.13. The van der Waals surface area contributed by atoms with Crippen LogP contribution < -0.4 is 9.78 Å². The van der Waals surface area contributed by atoms with E-state index in [0.717, 1.165) is 0 Å². The highest BCUT2D eigenvalue weighted by atomic mass is 17.3.